The van der Waals surface area contributed by atoms with Crippen molar-refractivity contribution in [1.29, 1.82) is 0 Å². The Kier molecular flexibility index (Phi) is 2.82. The third-order valence-corrected chi connectivity index (χ3v) is 2.14. The van der Waals surface area contributed by atoms with Gasteiger partial charge in [-0.15, -0.1) is 0 Å². The Morgan fingerprint density at radius 2 is 2.12 bits per heavy atom. The van der Waals surface area contributed by atoms with Crippen molar-refractivity contribution in [2.24, 2.45) is 0 Å². The second kappa shape index (κ2) is 4.29. The smallest absolute Gasteiger partial charge is 0.291 e. The number of halogens is 1. The Morgan fingerprint density at radius 3 is 2.71 bits per heavy atom. The van der Waals surface area contributed by atoms with Crippen molar-refractivity contribution in [3.8, 4) is 0 Å². The summed E-state index contributed by atoms with van der Waals surface area (Å²) in [6.07, 6.45) is 0. The first-order valence-electron chi connectivity index (χ1n) is 4.98. The molecule has 0 aliphatic carbocycles. The number of furan rings is 1. The summed E-state index contributed by atoms with van der Waals surface area (Å²) in [6.45, 7) is 1.73. The summed E-state index contributed by atoms with van der Waals surface area (Å²) >= 11 is 0. The molecule has 1 aromatic carbocycles. The van der Waals surface area contributed by atoms with Gasteiger partial charge in [-0.3, -0.25) is 4.79 Å². The molecule has 3 N–H and O–H groups in total. The Labute approximate surface area is 97.2 Å². The third-order valence-electron chi connectivity index (χ3n) is 2.14. The van der Waals surface area contributed by atoms with Crippen LogP contribution in [0.1, 0.15) is 16.3 Å². The van der Waals surface area contributed by atoms with Crippen LogP contribution < -0.4 is 11.1 Å². The van der Waals surface area contributed by atoms with Gasteiger partial charge in [0.25, 0.3) is 5.91 Å². The van der Waals surface area contributed by atoms with Crippen molar-refractivity contribution in [3.63, 3.8) is 0 Å². The van der Waals surface area contributed by atoms with Gasteiger partial charge in [-0.2, -0.15) is 0 Å². The first kappa shape index (κ1) is 11.2. The van der Waals surface area contributed by atoms with Crippen LogP contribution in [0.4, 0.5) is 15.8 Å². The van der Waals surface area contributed by atoms with E-state index in [0.29, 0.717) is 11.4 Å². The molecular weight excluding hydrogens is 223 g/mol. The summed E-state index contributed by atoms with van der Waals surface area (Å²) in [6, 6.07) is 7.05. The van der Waals surface area contributed by atoms with Gasteiger partial charge in [-0.05, 0) is 37.3 Å². The first-order valence-corrected chi connectivity index (χ1v) is 4.98. The molecule has 5 heteroatoms. The van der Waals surface area contributed by atoms with Crippen molar-refractivity contribution in [1.82, 2.24) is 0 Å². The fourth-order valence-corrected chi connectivity index (χ4v) is 1.43. The molecule has 0 aliphatic heterocycles. The lowest BCUT2D eigenvalue weighted by Gasteiger charge is -2.04. The zero-order valence-corrected chi connectivity index (χ0v) is 9.16. The number of anilines is 2. The SMILES string of the molecule is Cc1ccc(C(=O)Nc2cc(N)cc(F)c2)o1. The number of amides is 1. The molecule has 2 aromatic rings. The number of carbonyl (C=O) groups is 1. The molecule has 1 amide bonds. The zero-order valence-electron chi connectivity index (χ0n) is 9.16. The van der Waals surface area contributed by atoms with Crippen molar-refractivity contribution in [2.75, 3.05) is 11.1 Å². The van der Waals surface area contributed by atoms with Crippen molar-refractivity contribution < 1.29 is 13.6 Å². The highest BCUT2D eigenvalue weighted by atomic mass is 19.1. The fourth-order valence-electron chi connectivity index (χ4n) is 1.43. The average Bonchev–Trinajstić information content (AvgIpc) is 2.63. The molecule has 0 bridgehead atoms. The Morgan fingerprint density at radius 1 is 1.35 bits per heavy atom. The zero-order chi connectivity index (χ0) is 12.4. The second-order valence-corrected chi connectivity index (χ2v) is 3.64. The average molecular weight is 234 g/mol. The molecule has 0 atom stereocenters. The number of aryl methyl sites for hydroxylation is 1. The quantitative estimate of drug-likeness (QED) is 0.784. The summed E-state index contributed by atoms with van der Waals surface area (Å²) in [5.41, 5.74) is 6.00. The monoisotopic (exact) mass is 234 g/mol. The molecule has 0 fully saturated rings. The molecule has 0 saturated carbocycles. The highest BCUT2D eigenvalue weighted by molar-refractivity contribution is 6.02. The first-order chi connectivity index (χ1) is 8.04. The Balaban J connectivity index is 2.18. The lowest BCUT2D eigenvalue weighted by atomic mass is 10.2. The van der Waals surface area contributed by atoms with E-state index in [1.165, 1.54) is 18.2 Å². The van der Waals surface area contributed by atoms with E-state index in [9.17, 15) is 9.18 Å². The number of carbonyl (C=O) groups excluding carboxylic acids is 1. The minimum Gasteiger partial charge on any atom is -0.456 e. The summed E-state index contributed by atoms with van der Waals surface area (Å²) in [5, 5.41) is 2.50. The lowest BCUT2D eigenvalue weighted by Crippen LogP contribution is -2.11. The minimum absolute atomic E-state index is 0.172. The van der Waals surface area contributed by atoms with Crippen LogP contribution in [-0.4, -0.2) is 5.91 Å². The van der Waals surface area contributed by atoms with Gasteiger partial charge >= 0.3 is 0 Å². The minimum atomic E-state index is -0.504. The summed E-state index contributed by atoms with van der Waals surface area (Å²) in [7, 11) is 0. The van der Waals surface area contributed by atoms with E-state index >= 15 is 0 Å². The van der Waals surface area contributed by atoms with Crippen LogP contribution in [0.25, 0.3) is 0 Å². The second-order valence-electron chi connectivity index (χ2n) is 3.64. The topological polar surface area (TPSA) is 68.3 Å². The van der Waals surface area contributed by atoms with E-state index in [4.69, 9.17) is 10.2 Å². The van der Waals surface area contributed by atoms with Crippen molar-refractivity contribution in [2.45, 2.75) is 6.92 Å². The predicted octanol–water partition coefficient (Wildman–Crippen LogP) is 2.56. The van der Waals surface area contributed by atoms with Crippen molar-refractivity contribution >= 4 is 17.3 Å². The largest absolute Gasteiger partial charge is 0.456 e. The van der Waals surface area contributed by atoms with Gasteiger partial charge in [-0.1, -0.05) is 0 Å². The van der Waals surface area contributed by atoms with Gasteiger partial charge in [0.2, 0.25) is 0 Å². The van der Waals surface area contributed by atoms with E-state index in [2.05, 4.69) is 5.32 Å². The number of rotatable bonds is 2. The highest BCUT2D eigenvalue weighted by Gasteiger charge is 2.10. The van der Waals surface area contributed by atoms with Gasteiger partial charge in [0, 0.05) is 11.4 Å². The molecule has 1 aromatic heterocycles. The normalized spacial score (nSPS) is 10.2. The maximum absolute atomic E-state index is 13.0. The van der Waals surface area contributed by atoms with E-state index in [0.717, 1.165) is 0 Å². The molecule has 0 saturated heterocycles. The molecule has 1 heterocycles. The number of nitrogens with two attached hydrogens (primary N) is 1. The molecule has 0 unspecified atom stereocenters. The maximum Gasteiger partial charge on any atom is 0.291 e. The molecule has 88 valence electrons. The molecule has 2 rings (SSSR count). The van der Waals surface area contributed by atoms with E-state index in [1.54, 1.807) is 19.1 Å². The van der Waals surface area contributed by atoms with Gasteiger partial charge < -0.3 is 15.5 Å². The fraction of sp³-hybridized carbons (Fsp3) is 0.0833. The summed E-state index contributed by atoms with van der Waals surface area (Å²) in [4.78, 5) is 11.7. The Bertz CT molecular complexity index is 543. The number of nitrogens with one attached hydrogen (secondary N) is 1. The van der Waals surface area contributed by atoms with Crippen LogP contribution in [-0.2, 0) is 0 Å². The van der Waals surface area contributed by atoms with Crippen LogP contribution in [0.2, 0.25) is 0 Å². The maximum atomic E-state index is 13.0. The van der Waals surface area contributed by atoms with Gasteiger partial charge in [0.1, 0.15) is 11.6 Å². The third kappa shape index (κ3) is 2.63. The highest BCUT2D eigenvalue weighted by Crippen LogP contribution is 2.17. The molecule has 0 spiro atoms. The molecular formula is C12H11FN2O2. The predicted molar refractivity (Wildman–Crippen MR) is 62.2 cm³/mol. The number of hydrogen-bond acceptors (Lipinski definition) is 3. The van der Waals surface area contributed by atoms with Crippen LogP contribution >= 0.6 is 0 Å². The molecule has 0 radical (unpaired) electrons. The van der Waals surface area contributed by atoms with E-state index in [1.807, 2.05) is 0 Å². The van der Waals surface area contributed by atoms with Crippen molar-refractivity contribution in [3.05, 3.63) is 47.7 Å². The molecule has 4 nitrogen and oxygen atoms in total. The summed E-state index contributed by atoms with van der Waals surface area (Å²) < 4.78 is 18.2. The standard InChI is InChI=1S/C12H11FN2O2/c1-7-2-3-11(17-7)12(16)15-10-5-8(13)4-9(14)6-10/h2-6H,14H2,1H3,(H,15,16). The molecule has 17 heavy (non-hydrogen) atoms. The Hall–Kier alpha value is -2.30. The van der Waals surface area contributed by atoms with Gasteiger partial charge in [0.15, 0.2) is 5.76 Å². The number of hydrogen-bond donors (Lipinski definition) is 2. The van der Waals surface area contributed by atoms with Crippen LogP contribution in [0.3, 0.4) is 0 Å². The molecule has 0 aliphatic rings. The number of benzene rings is 1. The van der Waals surface area contributed by atoms with Gasteiger partial charge in [0.05, 0.1) is 0 Å². The lowest BCUT2D eigenvalue weighted by molar-refractivity contribution is 0.0995. The van der Waals surface area contributed by atoms with Crippen LogP contribution in [0, 0.1) is 12.7 Å². The van der Waals surface area contributed by atoms with E-state index in [-0.39, 0.29) is 11.4 Å². The summed E-state index contributed by atoms with van der Waals surface area (Å²) in [5.74, 6) is -0.140. The van der Waals surface area contributed by atoms with Gasteiger partial charge in [-0.25, -0.2) is 4.39 Å². The van der Waals surface area contributed by atoms with E-state index < -0.39 is 11.7 Å². The van der Waals surface area contributed by atoms with Crippen LogP contribution in [0.5, 0.6) is 0 Å². The number of nitrogen functional groups attached to an aromatic ring is 1. The van der Waals surface area contributed by atoms with Crippen LogP contribution in [0.15, 0.2) is 34.7 Å².